The molecule has 0 aromatic heterocycles. The third-order valence-corrected chi connectivity index (χ3v) is 5.27. The second-order valence-electron chi connectivity index (χ2n) is 6.68. The van der Waals surface area contributed by atoms with Crippen LogP contribution >= 0.6 is 11.6 Å². The van der Waals surface area contributed by atoms with Gasteiger partial charge in [0.15, 0.2) is 0 Å². The number of rotatable bonds is 2. The zero-order valence-electron chi connectivity index (χ0n) is 14.3. The Labute approximate surface area is 153 Å². The van der Waals surface area contributed by atoms with Gasteiger partial charge in [0.25, 0.3) is 0 Å². The van der Waals surface area contributed by atoms with Crippen LogP contribution in [0.1, 0.15) is 23.6 Å². The third kappa shape index (κ3) is 3.72. The number of fused-ring (bicyclic) bond motifs is 1. The predicted molar refractivity (Wildman–Crippen MR) is 99.0 cm³/mol. The summed E-state index contributed by atoms with van der Waals surface area (Å²) in [6.07, 6.45) is 1.10. The fourth-order valence-corrected chi connectivity index (χ4v) is 3.59. The summed E-state index contributed by atoms with van der Waals surface area (Å²) in [5.74, 6) is 0. The summed E-state index contributed by atoms with van der Waals surface area (Å²) < 4.78 is 0. The van der Waals surface area contributed by atoms with Crippen LogP contribution in [-0.2, 0) is 23.5 Å². The van der Waals surface area contributed by atoms with E-state index in [9.17, 15) is 0 Å². The molecule has 1 saturated heterocycles. The molecule has 2 heterocycles. The first kappa shape index (κ1) is 18.3. The van der Waals surface area contributed by atoms with E-state index in [1.54, 1.807) is 0 Å². The van der Waals surface area contributed by atoms with Gasteiger partial charge in [-0.05, 0) is 42.2 Å². The van der Waals surface area contributed by atoms with Gasteiger partial charge in [0.05, 0.1) is 0 Å². The van der Waals surface area contributed by atoms with Crippen LogP contribution in [0.4, 0.5) is 0 Å². The van der Waals surface area contributed by atoms with Crippen LogP contribution in [0.2, 0.25) is 5.02 Å². The maximum Gasteiger partial charge on any atom is 0.145 e. The zero-order valence-corrected chi connectivity index (χ0v) is 15.0. The molecule has 2 unspecified atom stereocenters. The van der Waals surface area contributed by atoms with E-state index in [0.29, 0.717) is 0 Å². The van der Waals surface area contributed by atoms with Crippen molar-refractivity contribution in [1.29, 1.82) is 0 Å². The highest BCUT2D eigenvalue weighted by atomic mass is 35.5. The molecule has 2 aromatic carbocycles. The highest BCUT2D eigenvalue weighted by molar-refractivity contribution is 6.30. The predicted octanol–water partition coefficient (Wildman–Crippen LogP) is 2.20. The molecule has 5 nitrogen and oxygen atoms in total. The van der Waals surface area contributed by atoms with Crippen molar-refractivity contribution < 1.29 is 10.3 Å². The average Bonchev–Trinajstić information content (AvgIpc) is 2.62. The molecular weight excluding hydrogens is 338 g/mol. The number of halogens is 1. The lowest BCUT2D eigenvalue weighted by atomic mass is 9.99. The molecule has 2 aliphatic rings. The standard InChI is InChI=1S/C19H22ClN3O.H2O/c1-19(16-6-8-17(20)9-7-16)21-12-18(24-22-19)23-11-10-14-4-2-3-5-15(14)13-23;/h2-9,18,21-22H,10-13H2,1H3;1H2. The van der Waals surface area contributed by atoms with Crippen molar-refractivity contribution in [2.24, 2.45) is 0 Å². The first-order chi connectivity index (χ1) is 11.6. The van der Waals surface area contributed by atoms with Gasteiger partial charge in [-0.25, -0.2) is 0 Å². The van der Waals surface area contributed by atoms with Gasteiger partial charge < -0.3 is 5.48 Å². The molecule has 134 valence electrons. The second kappa shape index (κ2) is 7.41. The quantitative estimate of drug-likeness (QED) is 0.860. The molecule has 0 bridgehead atoms. The Morgan fingerprint density at radius 3 is 2.52 bits per heavy atom. The maximum absolute atomic E-state index is 6.01. The molecule has 0 amide bonds. The maximum atomic E-state index is 6.01. The number of hydrogen-bond donors (Lipinski definition) is 2. The van der Waals surface area contributed by atoms with E-state index in [4.69, 9.17) is 16.4 Å². The van der Waals surface area contributed by atoms with Crippen molar-refractivity contribution in [2.45, 2.75) is 31.8 Å². The lowest BCUT2D eigenvalue weighted by molar-refractivity contribution is -0.180. The Balaban J connectivity index is 0.00000182. The van der Waals surface area contributed by atoms with Crippen LogP contribution in [0.25, 0.3) is 0 Å². The smallest absolute Gasteiger partial charge is 0.145 e. The van der Waals surface area contributed by atoms with Crippen molar-refractivity contribution in [3.05, 3.63) is 70.2 Å². The van der Waals surface area contributed by atoms with Crippen LogP contribution in [0.5, 0.6) is 0 Å². The lowest BCUT2D eigenvalue weighted by Gasteiger charge is -2.44. The van der Waals surface area contributed by atoms with Gasteiger partial charge in [-0.2, -0.15) is 5.48 Å². The summed E-state index contributed by atoms with van der Waals surface area (Å²) in [5, 5.41) is 4.32. The van der Waals surface area contributed by atoms with E-state index in [-0.39, 0.29) is 11.7 Å². The van der Waals surface area contributed by atoms with E-state index in [1.807, 2.05) is 24.3 Å². The average molecular weight is 362 g/mol. The summed E-state index contributed by atoms with van der Waals surface area (Å²) in [4.78, 5) is 8.39. The van der Waals surface area contributed by atoms with Crippen LogP contribution in [0.15, 0.2) is 48.5 Å². The summed E-state index contributed by atoms with van der Waals surface area (Å²) in [7, 11) is 0. The van der Waals surface area contributed by atoms with E-state index in [2.05, 4.69) is 46.9 Å². The minimum absolute atomic E-state index is 0. The van der Waals surface area contributed by atoms with E-state index in [1.165, 1.54) is 11.1 Å². The van der Waals surface area contributed by atoms with Gasteiger partial charge in [0.2, 0.25) is 0 Å². The normalized spacial score (nSPS) is 26.6. The molecule has 4 N–H and O–H groups in total. The Morgan fingerprint density at radius 1 is 1.12 bits per heavy atom. The van der Waals surface area contributed by atoms with Gasteiger partial charge in [0, 0.05) is 24.7 Å². The second-order valence-corrected chi connectivity index (χ2v) is 7.11. The number of benzene rings is 2. The number of nitrogens with one attached hydrogen (secondary N) is 2. The highest BCUT2D eigenvalue weighted by Crippen LogP contribution is 2.26. The zero-order chi connectivity index (χ0) is 16.6. The summed E-state index contributed by atoms with van der Waals surface area (Å²) in [6, 6.07) is 16.5. The Morgan fingerprint density at radius 2 is 1.84 bits per heavy atom. The first-order valence-corrected chi connectivity index (χ1v) is 8.77. The van der Waals surface area contributed by atoms with Crippen molar-refractivity contribution >= 4 is 11.6 Å². The summed E-state index contributed by atoms with van der Waals surface area (Å²) >= 11 is 5.98. The van der Waals surface area contributed by atoms with E-state index >= 15 is 0 Å². The largest absolute Gasteiger partial charge is 0.412 e. The van der Waals surface area contributed by atoms with Crippen molar-refractivity contribution in [1.82, 2.24) is 15.7 Å². The van der Waals surface area contributed by atoms with E-state index < -0.39 is 5.66 Å². The van der Waals surface area contributed by atoms with Crippen LogP contribution in [-0.4, -0.2) is 29.7 Å². The molecule has 25 heavy (non-hydrogen) atoms. The third-order valence-electron chi connectivity index (χ3n) is 5.02. The highest BCUT2D eigenvalue weighted by Gasteiger charge is 2.35. The summed E-state index contributed by atoms with van der Waals surface area (Å²) in [5.41, 5.74) is 6.76. The summed E-state index contributed by atoms with van der Waals surface area (Å²) in [6.45, 7) is 4.80. The van der Waals surface area contributed by atoms with Gasteiger partial charge in [0.1, 0.15) is 11.9 Å². The Bertz CT molecular complexity index is 715. The Kier molecular flexibility index (Phi) is 5.43. The number of hydroxylamine groups is 1. The molecule has 1 fully saturated rings. The van der Waals surface area contributed by atoms with Crippen LogP contribution in [0, 0.1) is 0 Å². The fourth-order valence-electron chi connectivity index (χ4n) is 3.47. The van der Waals surface area contributed by atoms with Crippen LogP contribution < -0.4 is 10.8 Å². The molecule has 2 atom stereocenters. The van der Waals surface area contributed by atoms with Crippen molar-refractivity contribution in [2.75, 3.05) is 13.1 Å². The number of nitrogens with zero attached hydrogens (tertiary/aromatic N) is 1. The van der Waals surface area contributed by atoms with Crippen molar-refractivity contribution in [3.63, 3.8) is 0 Å². The van der Waals surface area contributed by atoms with Crippen molar-refractivity contribution in [3.8, 4) is 0 Å². The molecule has 0 saturated carbocycles. The minimum atomic E-state index is -0.408. The molecule has 0 radical (unpaired) electrons. The SMILES string of the molecule is CC1(c2ccc(Cl)cc2)NCC(N2CCc3ccccc3C2)ON1.O. The fraction of sp³-hybridized carbons (Fsp3) is 0.368. The topological polar surface area (TPSA) is 68.0 Å². The van der Waals surface area contributed by atoms with E-state index in [0.717, 1.165) is 36.6 Å². The van der Waals surface area contributed by atoms with Gasteiger partial charge in [-0.1, -0.05) is 48.0 Å². The molecule has 4 rings (SSSR count). The molecule has 0 spiro atoms. The van der Waals surface area contributed by atoms with Gasteiger partial charge in [-0.15, -0.1) is 0 Å². The molecule has 6 heteroatoms. The minimum Gasteiger partial charge on any atom is -0.412 e. The molecular formula is C19H24ClN3O2. The van der Waals surface area contributed by atoms with Crippen LogP contribution in [0.3, 0.4) is 0 Å². The van der Waals surface area contributed by atoms with Gasteiger partial charge >= 0.3 is 0 Å². The lowest BCUT2D eigenvalue weighted by Crippen LogP contribution is -2.63. The molecule has 0 aliphatic carbocycles. The monoisotopic (exact) mass is 361 g/mol. The number of hydrogen-bond acceptors (Lipinski definition) is 4. The van der Waals surface area contributed by atoms with Gasteiger partial charge in [-0.3, -0.25) is 15.1 Å². The Hall–Kier alpha value is -1.47. The first-order valence-electron chi connectivity index (χ1n) is 8.39. The molecule has 2 aromatic rings. The molecule has 2 aliphatic heterocycles.